The highest BCUT2D eigenvalue weighted by atomic mass is 19.4. The van der Waals surface area contributed by atoms with Crippen molar-refractivity contribution >= 4 is 0 Å². The summed E-state index contributed by atoms with van der Waals surface area (Å²) in [6.07, 6.45) is -11.2. The molecule has 1 heterocycles. The van der Waals surface area contributed by atoms with Gasteiger partial charge in [0.15, 0.2) is 0 Å². The van der Waals surface area contributed by atoms with E-state index in [-0.39, 0.29) is 0 Å². The predicted molar refractivity (Wildman–Crippen MR) is 75.3 cm³/mol. The van der Waals surface area contributed by atoms with E-state index in [1.165, 1.54) is 19.1 Å². The second-order valence-electron chi connectivity index (χ2n) is 5.78. The smallest absolute Gasteiger partial charge is 0.411 e. The van der Waals surface area contributed by atoms with Crippen LogP contribution < -0.4 is 4.74 Å². The summed E-state index contributed by atoms with van der Waals surface area (Å²) < 4.78 is 88.8. The van der Waals surface area contributed by atoms with E-state index in [1.807, 2.05) is 0 Å². The summed E-state index contributed by atoms with van der Waals surface area (Å²) in [5.41, 5.74) is -5.12. The minimum atomic E-state index is -5.58. The van der Waals surface area contributed by atoms with Crippen LogP contribution in [0.4, 0.5) is 26.3 Å². The van der Waals surface area contributed by atoms with Crippen LogP contribution in [0.3, 0.4) is 0 Å². The Morgan fingerprint density at radius 1 is 0.750 bits per heavy atom. The van der Waals surface area contributed by atoms with Gasteiger partial charge in [-0.15, -0.1) is 0 Å². The summed E-state index contributed by atoms with van der Waals surface area (Å²) in [5, 5.41) is 0. The van der Waals surface area contributed by atoms with Gasteiger partial charge in [0, 0.05) is 11.1 Å². The first-order chi connectivity index (χ1) is 11.0. The Bertz CT molecular complexity index is 790. The molecule has 0 radical (unpaired) electrons. The van der Waals surface area contributed by atoms with Crippen molar-refractivity contribution in [3.8, 4) is 11.5 Å². The predicted octanol–water partition coefficient (Wildman–Crippen LogP) is 5.82. The largest absolute Gasteiger partial charge is 0.457 e. The summed E-state index contributed by atoms with van der Waals surface area (Å²) in [6, 6.07) is 6.53. The van der Waals surface area contributed by atoms with E-state index in [2.05, 4.69) is 0 Å². The molecule has 0 aliphatic carbocycles. The molecule has 0 spiro atoms. The fourth-order valence-corrected chi connectivity index (χ4v) is 3.07. The molecule has 0 saturated carbocycles. The minimum Gasteiger partial charge on any atom is -0.457 e. The van der Waals surface area contributed by atoms with E-state index in [1.54, 1.807) is 6.92 Å². The maximum Gasteiger partial charge on any atom is 0.411 e. The Hall–Kier alpha value is -2.18. The molecule has 0 unspecified atom stereocenters. The molecule has 0 fully saturated rings. The molecule has 1 aliphatic rings. The van der Waals surface area contributed by atoms with E-state index in [9.17, 15) is 26.3 Å². The number of alkyl halides is 6. The van der Waals surface area contributed by atoms with Crippen LogP contribution in [0.25, 0.3) is 0 Å². The fourth-order valence-electron chi connectivity index (χ4n) is 3.07. The van der Waals surface area contributed by atoms with Gasteiger partial charge in [0.05, 0.1) is 0 Å². The first-order valence-electron chi connectivity index (χ1n) is 7.02. The lowest BCUT2D eigenvalue weighted by atomic mass is 9.70. The average molecular weight is 346 g/mol. The van der Waals surface area contributed by atoms with Gasteiger partial charge in [-0.3, -0.25) is 0 Å². The highest BCUT2D eigenvalue weighted by Gasteiger charge is 2.75. The van der Waals surface area contributed by atoms with E-state index >= 15 is 0 Å². The molecule has 3 rings (SSSR count). The van der Waals surface area contributed by atoms with Crippen molar-refractivity contribution in [1.29, 1.82) is 0 Å². The first-order valence-corrected chi connectivity index (χ1v) is 7.02. The van der Waals surface area contributed by atoms with Crippen molar-refractivity contribution in [3.63, 3.8) is 0 Å². The monoisotopic (exact) mass is 346 g/mol. The fraction of sp³-hybridized carbons (Fsp3) is 0.294. The van der Waals surface area contributed by atoms with Crippen molar-refractivity contribution in [3.05, 3.63) is 58.7 Å². The number of aryl methyl sites for hydroxylation is 2. The van der Waals surface area contributed by atoms with Gasteiger partial charge in [0.2, 0.25) is 5.41 Å². The number of benzene rings is 2. The summed E-state index contributed by atoms with van der Waals surface area (Å²) in [5.74, 6) is -0.866. The summed E-state index contributed by atoms with van der Waals surface area (Å²) in [7, 11) is 0. The van der Waals surface area contributed by atoms with Gasteiger partial charge in [-0.25, -0.2) is 0 Å². The van der Waals surface area contributed by atoms with Gasteiger partial charge < -0.3 is 4.74 Å². The van der Waals surface area contributed by atoms with Gasteiger partial charge >= 0.3 is 12.4 Å². The second kappa shape index (κ2) is 4.91. The maximum absolute atomic E-state index is 13.9. The minimum absolute atomic E-state index is 0.328. The third-order valence-electron chi connectivity index (χ3n) is 4.36. The molecule has 2 aromatic rings. The molecule has 1 aliphatic heterocycles. The number of halogens is 6. The molecule has 0 N–H and O–H groups in total. The highest BCUT2D eigenvalue weighted by Crippen LogP contribution is 2.62. The van der Waals surface area contributed by atoms with Crippen molar-refractivity contribution in [2.45, 2.75) is 31.6 Å². The Morgan fingerprint density at radius 2 is 1.29 bits per heavy atom. The SMILES string of the molecule is Cc1cc2c(cc1C)C(C(F)(F)F)(C(F)(F)F)c1ccccc1O2. The third-order valence-corrected chi connectivity index (χ3v) is 4.36. The van der Waals surface area contributed by atoms with Crippen molar-refractivity contribution in [1.82, 2.24) is 0 Å². The first kappa shape index (κ1) is 16.7. The van der Waals surface area contributed by atoms with Gasteiger partial charge in [0.25, 0.3) is 0 Å². The van der Waals surface area contributed by atoms with Crippen LogP contribution in [0.5, 0.6) is 11.5 Å². The summed E-state index contributed by atoms with van der Waals surface area (Å²) in [6.45, 7) is 3.07. The molecule has 1 nitrogen and oxygen atoms in total. The van der Waals surface area contributed by atoms with Crippen LogP contribution in [-0.2, 0) is 5.41 Å². The molecule has 7 heteroatoms. The van der Waals surface area contributed by atoms with Crippen LogP contribution in [0, 0.1) is 13.8 Å². The zero-order chi connectivity index (χ0) is 17.9. The van der Waals surface area contributed by atoms with Gasteiger partial charge in [0.1, 0.15) is 11.5 Å². The topological polar surface area (TPSA) is 9.23 Å². The normalized spacial score (nSPS) is 16.2. The standard InChI is InChI=1S/C17H12F6O/c1-9-7-12-14(8-10(9)2)24-13-6-4-3-5-11(13)15(12,16(18,19)20)17(21,22)23/h3-8H,1-2H3. The molecule has 0 bridgehead atoms. The van der Waals surface area contributed by atoms with Crippen LogP contribution in [0.1, 0.15) is 22.3 Å². The zero-order valence-corrected chi connectivity index (χ0v) is 12.6. The second-order valence-corrected chi connectivity index (χ2v) is 5.78. The Labute approximate surface area is 133 Å². The molecular weight excluding hydrogens is 334 g/mol. The molecule has 0 atom stereocenters. The number of hydrogen-bond donors (Lipinski definition) is 0. The maximum atomic E-state index is 13.9. The van der Waals surface area contributed by atoms with Crippen LogP contribution in [0.2, 0.25) is 0 Å². The number of rotatable bonds is 0. The lowest BCUT2D eigenvalue weighted by Gasteiger charge is -2.42. The van der Waals surface area contributed by atoms with E-state index in [0.717, 1.165) is 24.3 Å². The Kier molecular flexibility index (Phi) is 3.41. The summed E-state index contributed by atoms with van der Waals surface area (Å²) in [4.78, 5) is 0. The molecule has 0 saturated heterocycles. The lowest BCUT2D eigenvalue weighted by molar-refractivity contribution is -0.290. The van der Waals surface area contributed by atoms with Crippen LogP contribution in [0.15, 0.2) is 36.4 Å². The third kappa shape index (κ3) is 2.03. The summed E-state index contributed by atoms with van der Waals surface area (Å²) >= 11 is 0. The highest BCUT2D eigenvalue weighted by molar-refractivity contribution is 5.61. The number of ether oxygens (including phenoxy) is 1. The van der Waals surface area contributed by atoms with Crippen molar-refractivity contribution in [2.24, 2.45) is 0 Å². The van der Waals surface area contributed by atoms with Gasteiger partial charge in [-0.05, 0) is 37.1 Å². The quantitative estimate of drug-likeness (QED) is 0.546. The molecular formula is C17H12F6O. The molecule has 0 amide bonds. The Morgan fingerprint density at radius 3 is 1.88 bits per heavy atom. The molecule has 24 heavy (non-hydrogen) atoms. The number of fused-ring (bicyclic) bond motifs is 2. The molecule has 128 valence electrons. The average Bonchev–Trinajstić information content (AvgIpc) is 2.43. The van der Waals surface area contributed by atoms with E-state index in [0.29, 0.717) is 11.1 Å². The molecule has 2 aromatic carbocycles. The Balaban J connectivity index is 2.51. The van der Waals surface area contributed by atoms with Crippen molar-refractivity contribution in [2.75, 3.05) is 0 Å². The lowest BCUT2D eigenvalue weighted by Crippen LogP contribution is -2.56. The zero-order valence-electron chi connectivity index (χ0n) is 12.6. The van der Waals surface area contributed by atoms with Gasteiger partial charge in [-0.1, -0.05) is 24.3 Å². The molecule has 0 aromatic heterocycles. The number of para-hydroxylation sites is 1. The van der Waals surface area contributed by atoms with E-state index in [4.69, 9.17) is 4.74 Å². The van der Waals surface area contributed by atoms with Gasteiger partial charge in [-0.2, -0.15) is 26.3 Å². The van der Waals surface area contributed by atoms with E-state index < -0.39 is 40.4 Å². The number of hydrogen-bond acceptors (Lipinski definition) is 1. The van der Waals surface area contributed by atoms with Crippen molar-refractivity contribution < 1.29 is 31.1 Å². The van der Waals surface area contributed by atoms with Crippen LogP contribution in [-0.4, -0.2) is 12.4 Å². The van der Waals surface area contributed by atoms with Crippen LogP contribution >= 0.6 is 0 Å².